The fraction of sp³-hybridized carbons (Fsp3) is 0.450. The van der Waals surface area contributed by atoms with Crippen LogP contribution in [-0.2, 0) is 30.4 Å². The van der Waals surface area contributed by atoms with Gasteiger partial charge < -0.3 is 31.9 Å². The van der Waals surface area contributed by atoms with Gasteiger partial charge in [-0.25, -0.2) is 0 Å². The number of carboxylic acids is 2. The van der Waals surface area contributed by atoms with Gasteiger partial charge in [-0.05, 0) is 25.8 Å². The van der Waals surface area contributed by atoms with Crippen LogP contribution < -0.4 is 21.7 Å². The zero-order valence-corrected chi connectivity index (χ0v) is 17.3. The van der Waals surface area contributed by atoms with Crippen molar-refractivity contribution in [3.63, 3.8) is 0 Å². The first-order valence-corrected chi connectivity index (χ1v) is 9.66. The largest absolute Gasteiger partial charge is 0.481 e. The van der Waals surface area contributed by atoms with Gasteiger partial charge in [0.1, 0.15) is 18.1 Å². The molecule has 0 saturated heterocycles. The third-order valence-corrected chi connectivity index (χ3v) is 4.34. The quantitative estimate of drug-likeness (QED) is 0.240. The second kappa shape index (κ2) is 12.3. The molecule has 0 aliphatic heterocycles. The van der Waals surface area contributed by atoms with Crippen LogP contribution in [0.1, 0.15) is 32.3 Å². The van der Waals surface area contributed by atoms with E-state index in [1.807, 2.05) is 0 Å². The minimum atomic E-state index is -1.25. The van der Waals surface area contributed by atoms with E-state index in [1.54, 1.807) is 30.3 Å². The van der Waals surface area contributed by atoms with E-state index in [0.717, 1.165) is 0 Å². The number of carboxylic acid groups (broad SMARTS) is 2. The van der Waals surface area contributed by atoms with Crippen molar-refractivity contribution in [1.29, 1.82) is 0 Å². The third kappa shape index (κ3) is 9.26. The highest BCUT2D eigenvalue weighted by Crippen LogP contribution is 2.06. The zero-order valence-electron chi connectivity index (χ0n) is 17.3. The summed E-state index contributed by atoms with van der Waals surface area (Å²) in [6.45, 7) is 2.68. The molecular formula is C20H28N4O7. The fourth-order valence-electron chi connectivity index (χ4n) is 2.55. The maximum Gasteiger partial charge on any atom is 0.325 e. The lowest BCUT2D eigenvalue weighted by Gasteiger charge is -2.24. The monoisotopic (exact) mass is 436 g/mol. The molecule has 0 bridgehead atoms. The second-order valence-electron chi connectivity index (χ2n) is 7.10. The van der Waals surface area contributed by atoms with Crippen molar-refractivity contribution in [3.8, 4) is 0 Å². The van der Waals surface area contributed by atoms with E-state index >= 15 is 0 Å². The standard InChI is InChI=1S/C20H28N4O7/c1-11(21)17(27)23-14(8-9-16(25)26)18(28)24-15(10-13-6-4-3-5-7-13)19(29)22-12(2)20(30)31/h3-7,11-12,14-15H,8-10,21H2,1-2H3,(H,22,29)(H,23,27)(H,24,28)(H,25,26)(H,30,31). The summed E-state index contributed by atoms with van der Waals surface area (Å²) < 4.78 is 0. The lowest BCUT2D eigenvalue weighted by molar-refractivity contribution is -0.141. The van der Waals surface area contributed by atoms with Gasteiger partial charge in [0.2, 0.25) is 17.7 Å². The highest BCUT2D eigenvalue weighted by Gasteiger charge is 2.29. The number of hydrogen-bond acceptors (Lipinski definition) is 6. The van der Waals surface area contributed by atoms with Gasteiger partial charge in [0.25, 0.3) is 0 Å². The normalized spacial score (nSPS) is 14.4. The van der Waals surface area contributed by atoms with Crippen LogP contribution in [0.25, 0.3) is 0 Å². The number of carbonyl (C=O) groups is 5. The van der Waals surface area contributed by atoms with Crippen LogP contribution in [0.3, 0.4) is 0 Å². The Hall–Kier alpha value is -3.47. The first kappa shape index (κ1) is 25.6. The van der Waals surface area contributed by atoms with Crippen LogP contribution in [0.5, 0.6) is 0 Å². The number of amides is 3. The molecule has 31 heavy (non-hydrogen) atoms. The fourth-order valence-corrected chi connectivity index (χ4v) is 2.55. The molecule has 7 N–H and O–H groups in total. The molecule has 1 aromatic carbocycles. The molecule has 11 heteroatoms. The van der Waals surface area contributed by atoms with Gasteiger partial charge in [0.15, 0.2) is 0 Å². The van der Waals surface area contributed by atoms with Crippen LogP contribution in [0.2, 0.25) is 0 Å². The first-order chi connectivity index (χ1) is 14.5. The topological polar surface area (TPSA) is 188 Å². The molecule has 0 fully saturated rings. The molecule has 170 valence electrons. The highest BCUT2D eigenvalue weighted by atomic mass is 16.4. The Kier molecular flexibility index (Phi) is 10.1. The molecule has 1 rings (SSSR count). The number of rotatable bonds is 12. The molecule has 0 aliphatic rings. The lowest BCUT2D eigenvalue weighted by atomic mass is 10.0. The van der Waals surface area contributed by atoms with Gasteiger partial charge in [-0.15, -0.1) is 0 Å². The van der Waals surface area contributed by atoms with E-state index in [1.165, 1.54) is 13.8 Å². The van der Waals surface area contributed by atoms with Crippen molar-refractivity contribution in [3.05, 3.63) is 35.9 Å². The predicted molar refractivity (Wildman–Crippen MR) is 110 cm³/mol. The summed E-state index contributed by atoms with van der Waals surface area (Å²) in [5.74, 6) is -4.59. The molecule has 0 heterocycles. The summed E-state index contributed by atoms with van der Waals surface area (Å²) in [6.07, 6.45) is -0.564. The number of benzene rings is 1. The Bertz CT molecular complexity index is 798. The minimum Gasteiger partial charge on any atom is -0.481 e. The van der Waals surface area contributed by atoms with Crippen molar-refractivity contribution < 1.29 is 34.2 Å². The van der Waals surface area contributed by atoms with Gasteiger partial charge >= 0.3 is 11.9 Å². The van der Waals surface area contributed by atoms with Crippen LogP contribution in [0.15, 0.2) is 30.3 Å². The van der Waals surface area contributed by atoms with Gasteiger partial charge in [-0.2, -0.15) is 0 Å². The van der Waals surface area contributed by atoms with E-state index in [4.69, 9.17) is 15.9 Å². The van der Waals surface area contributed by atoms with Crippen molar-refractivity contribution in [1.82, 2.24) is 16.0 Å². The summed E-state index contributed by atoms with van der Waals surface area (Å²) in [5, 5.41) is 25.1. The van der Waals surface area contributed by atoms with Crippen LogP contribution in [0, 0.1) is 0 Å². The number of carbonyl (C=O) groups excluding carboxylic acids is 3. The van der Waals surface area contributed by atoms with Crippen LogP contribution >= 0.6 is 0 Å². The SMILES string of the molecule is CC(N)C(=O)NC(CCC(=O)O)C(=O)NC(Cc1ccccc1)C(=O)NC(C)C(=O)O. The van der Waals surface area contributed by atoms with Gasteiger partial charge in [0.05, 0.1) is 6.04 Å². The van der Waals surface area contributed by atoms with Gasteiger partial charge in [0, 0.05) is 12.8 Å². The highest BCUT2D eigenvalue weighted by molar-refractivity contribution is 5.94. The van der Waals surface area contributed by atoms with Crippen LogP contribution in [0.4, 0.5) is 0 Å². The molecule has 3 amide bonds. The molecule has 0 aromatic heterocycles. The summed E-state index contributed by atoms with van der Waals surface area (Å²) in [6, 6.07) is 4.20. The zero-order chi connectivity index (χ0) is 23.6. The smallest absolute Gasteiger partial charge is 0.325 e. The van der Waals surface area contributed by atoms with Gasteiger partial charge in [-0.3, -0.25) is 24.0 Å². The number of nitrogens with one attached hydrogen (secondary N) is 3. The van der Waals surface area contributed by atoms with E-state index in [0.29, 0.717) is 5.56 Å². The minimum absolute atomic E-state index is 0.0532. The van der Waals surface area contributed by atoms with E-state index in [2.05, 4.69) is 16.0 Å². The molecule has 0 radical (unpaired) electrons. The molecule has 4 atom stereocenters. The molecule has 0 saturated carbocycles. The lowest BCUT2D eigenvalue weighted by Crippen LogP contribution is -2.57. The van der Waals surface area contributed by atoms with Crippen molar-refractivity contribution in [2.75, 3.05) is 0 Å². The summed E-state index contributed by atoms with van der Waals surface area (Å²) in [7, 11) is 0. The molecule has 0 aliphatic carbocycles. The Labute approximate surface area is 179 Å². The third-order valence-electron chi connectivity index (χ3n) is 4.34. The average molecular weight is 436 g/mol. The number of nitrogens with two attached hydrogens (primary N) is 1. The summed E-state index contributed by atoms with van der Waals surface area (Å²) >= 11 is 0. The van der Waals surface area contributed by atoms with Crippen molar-refractivity contribution in [2.45, 2.75) is 57.3 Å². The van der Waals surface area contributed by atoms with E-state index in [-0.39, 0.29) is 12.8 Å². The Balaban J connectivity index is 3.03. The van der Waals surface area contributed by atoms with Gasteiger partial charge in [-0.1, -0.05) is 30.3 Å². The maximum absolute atomic E-state index is 12.8. The molecular weight excluding hydrogens is 408 g/mol. The molecule has 1 aromatic rings. The summed E-state index contributed by atoms with van der Waals surface area (Å²) in [4.78, 5) is 59.3. The van der Waals surface area contributed by atoms with Crippen molar-refractivity contribution in [2.24, 2.45) is 5.73 Å². The first-order valence-electron chi connectivity index (χ1n) is 9.66. The average Bonchev–Trinajstić information content (AvgIpc) is 2.70. The molecule has 11 nitrogen and oxygen atoms in total. The molecule has 4 unspecified atom stereocenters. The maximum atomic E-state index is 12.8. The summed E-state index contributed by atoms with van der Waals surface area (Å²) in [5.41, 5.74) is 6.20. The molecule has 0 spiro atoms. The van der Waals surface area contributed by atoms with E-state index < -0.39 is 60.2 Å². The van der Waals surface area contributed by atoms with Crippen LogP contribution in [-0.4, -0.2) is 64.0 Å². The Morgan fingerprint density at radius 2 is 1.42 bits per heavy atom. The van der Waals surface area contributed by atoms with E-state index in [9.17, 15) is 24.0 Å². The number of hydrogen-bond donors (Lipinski definition) is 6. The Morgan fingerprint density at radius 3 is 1.94 bits per heavy atom. The second-order valence-corrected chi connectivity index (χ2v) is 7.10. The Morgan fingerprint density at radius 1 is 0.871 bits per heavy atom. The van der Waals surface area contributed by atoms with Crippen molar-refractivity contribution >= 4 is 29.7 Å². The number of aliphatic carboxylic acids is 2. The predicted octanol–water partition coefficient (Wildman–Crippen LogP) is -1.000.